The molecule has 0 N–H and O–H groups in total. The minimum Gasteiger partial charge on any atom is -0.465 e. The Hall–Kier alpha value is -2.46. The van der Waals surface area contributed by atoms with Crippen LogP contribution in [0.5, 0.6) is 0 Å². The second kappa shape index (κ2) is 6.69. The Bertz CT molecular complexity index is 937. The largest absolute Gasteiger partial charge is 0.465 e. The predicted molar refractivity (Wildman–Crippen MR) is 94.3 cm³/mol. The number of benzene rings is 1. The third-order valence-corrected chi connectivity index (χ3v) is 6.80. The lowest BCUT2D eigenvalue weighted by Gasteiger charge is -2.18. The standard InChI is InChI=1S/C16H16N2O6S2/c1-17-11-12(14(16(20)24-3)26(17,21)22)18(25-13(11)15(19)23-2)9-10-7-5-4-6-8-10/h4-8H,9H2,1-3H3. The Morgan fingerprint density at radius 1 is 1.04 bits per heavy atom. The van der Waals surface area contributed by atoms with Gasteiger partial charge in [-0.3, -0.25) is 4.31 Å². The number of sulfonamides is 1. The van der Waals surface area contributed by atoms with E-state index in [1.54, 1.807) is 4.31 Å². The van der Waals surface area contributed by atoms with E-state index in [9.17, 15) is 18.0 Å². The van der Waals surface area contributed by atoms with Gasteiger partial charge in [-0.25, -0.2) is 18.0 Å². The van der Waals surface area contributed by atoms with Gasteiger partial charge in [-0.1, -0.05) is 30.3 Å². The maximum atomic E-state index is 12.7. The lowest BCUT2D eigenvalue weighted by atomic mass is 10.2. The molecule has 3 rings (SSSR count). The molecule has 26 heavy (non-hydrogen) atoms. The number of hydrogen-bond donors (Lipinski definition) is 0. The lowest BCUT2D eigenvalue weighted by molar-refractivity contribution is -0.136. The Morgan fingerprint density at radius 3 is 2.23 bits per heavy atom. The zero-order valence-corrected chi connectivity index (χ0v) is 15.9. The molecule has 2 aliphatic rings. The average molecular weight is 396 g/mol. The number of nitrogens with zero attached hydrogens (tertiary/aromatic N) is 2. The van der Waals surface area contributed by atoms with Crippen LogP contribution in [0.4, 0.5) is 0 Å². The molecule has 1 aromatic rings. The van der Waals surface area contributed by atoms with Crippen molar-refractivity contribution in [2.75, 3.05) is 21.3 Å². The van der Waals surface area contributed by atoms with E-state index in [1.165, 1.54) is 14.2 Å². The summed E-state index contributed by atoms with van der Waals surface area (Å²) in [5.41, 5.74) is 1.14. The molecule has 0 fully saturated rings. The Labute approximate surface area is 155 Å². The first-order valence-corrected chi connectivity index (χ1v) is 9.68. The molecule has 0 spiro atoms. The van der Waals surface area contributed by atoms with Gasteiger partial charge in [-0.15, -0.1) is 0 Å². The third kappa shape index (κ3) is 2.74. The number of carbonyl (C=O) groups is 2. The van der Waals surface area contributed by atoms with Crippen molar-refractivity contribution in [1.29, 1.82) is 0 Å². The summed E-state index contributed by atoms with van der Waals surface area (Å²) in [7, 11) is -0.509. The summed E-state index contributed by atoms with van der Waals surface area (Å²) in [6, 6.07) is 9.28. The third-order valence-electron chi connectivity index (χ3n) is 3.95. The van der Waals surface area contributed by atoms with Crippen molar-refractivity contribution in [3.8, 4) is 0 Å². The fourth-order valence-electron chi connectivity index (χ4n) is 2.70. The highest BCUT2D eigenvalue weighted by Gasteiger charge is 2.51. The monoisotopic (exact) mass is 396 g/mol. The van der Waals surface area contributed by atoms with Crippen molar-refractivity contribution in [3.63, 3.8) is 0 Å². The smallest absolute Gasteiger partial charge is 0.353 e. The van der Waals surface area contributed by atoms with Gasteiger partial charge in [0, 0.05) is 7.05 Å². The Balaban J connectivity index is 2.18. The number of likely N-dealkylation sites (N-methyl/N-ethyl adjacent to an activating group) is 1. The van der Waals surface area contributed by atoms with Crippen LogP contribution in [0, 0.1) is 0 Å². The molecule has 2 aliphatic heterocycles. The number of fused-ring (bicyclic) bond motifs is 1. The molecular formula is C16H16N2O6S2. The van der Waals surface area contributed by atoms with E-state index in [4.69, 9.17) is 4.74 Å². The first kappa shape index (κ1) is 18.3. The van der Waals surface area contributed by atoms with Crippen LogP contribution >= 0.6 is 11.9 Å². The maximum Gasteiger partial charge on any atom is 0.353 e. The van der Waals surface area contributed by atoms with Gasteiger partial charge in [-0.2, -0.15) is 0 Å². The minimum absolute atomic E-state index is 0.100. The summed E-state index contributed by atoms with van der Waals surface area (Å²) in [6.45, 7) is 0.286. The highest BCUT2D eigenvalue weighted by atomic mass is 32.2. The first-order chi connectivity index (χ1) is 12.3. The van der Waals surface area contributed by atoms with Gasteiger partial charge in [0.15, 0.2) is 4.91 Å². The SMILES string of the molecule is COC(=O)C1=C2C(=C(C(=O)OC)S(=O)(=O)N2C)N(Cc2ccccc2)S1. The Morgan fingerprint density at radius 2 is 1.65 bits per heavy atom. The minimum atomic E-state index is -4.12. The number of rotatable bonds is 4. The number of carbonyl (C=O) groups excluding carboxylic acids is 2. The molecular weight excluding hydrogens is 380 g/mol. The molecule has 1 aromatic carbocycles. The van der Waals surface area contributed by atoms with Crippen LogP contribution in [0.3, 0.4) is 0 Å². The number of esters is 2. The lowest BCUT2D eigenvalue weighted by Crippen LogP contribution is -2.25. The number of methoxy groups -OCH3 is 2. The van der Waals surface area contributed by atoms with Crippen molar-refractivity contribution in [2.45, 2.75) is 6.54 Å². The summed E-state index contributed by atoms with van der Waals surface area (Å²) in [4.78, 5) is 24.0. The summed E-state index contributed by atoms with van der Waals surface area (Å²) >= 11 is 1.03. The zero-order valence-electron chi connectivity index (χ0n) is 14.3. The van der Waals surface area contributed by atoms with Crippen molar-refractivity contribution in [3.05, 3.63) is 57.1 Å². The second-order valence-electron chi connectivity index (χ2n) is 5.42. The normalized spacial score (nSPS) is 18.3. The van der Waals surface area contributed by atoms with E-state index >= 15 is 0 Å². The van der Waals surface area contributed by atoms with E-state index in [2.05, 4.69) is 4.74 Å². The molecule has 0 radical (unpaired) electrons. The van der Waals surface area contributed by atoms with Crippen molar-refractivity contribution < 1.29 is 27.5 Å². The Kier molecular flexibility index (Phi) is 4.72. The van der Waals surface area contributed by atoms with E-state index < -0.39 is 26.9 Å². The van der Waals surface area contributed by atoms with Gasteiger partial charge >= 0.3 is 11.9 Å². The molecule has 0 atom stereocenters. The van der Waals surface area contributed by atoms with Crippen LogP contribution in [-0.4, -0.2) is 50.2 Å². The molecule has 0 saturated carbocycles. The molecule has 2 heterocycles. The van der Waals surface area contributed by atoms with Gasteiger partial charge in [0.25, 0.3) is 10.0 Å². The highest BCUT2D eigenvalue weighted by Crippen LogP contribution is 2.50. The fourth-order valence-corrected chi connectivity index (χ4v) is 5.43. The molecule has 0 aromatic heterocycles. The molecule has 0 unspecified atom stereocenters. The van der Waals surface area contributed by atoms with Crippen LogP contribution < -0.4 is 0 Å². The quantitative estimate of drug-likeness (QED) is 0.554. The summed E-state index contributed by atoms with van der Waals surface area (Å²) in [5, 5.41) is 0. The van der Waals surface area contributed by atoms with Crippen molar-refractivity contribution in [2.24, 2.45) is 0 Å². The molecule has 0 amide bonds. The van der Waals surface area contributed by atoms with Gasteiger partial charge < -0.3 is 13.8 Å². The molecule has 0 aliphatic carbocycles. The van der Waals surface area contributed by atoms with E-state index in [1.807, 2.05) is 30.3 Å². The van der Waals surface area contributed by atoms with Gasteiger partial charge in [0.1, 0.15) is 16.3 Å². The summed E-state index contributed by atoms with van der Waals surface area (Å²) in [6.07, 6.45) is 0. The van der Waals surface area contributed by atoms with Crippen LogP contribution in [0.1, 0.15) is 5.56 Å². The predicted octanol–water partition coefficient (Wildman–Crippen LogP) is 1.19. The van der Waals surface area contributed by atoms with Crippen LogP contribution in [-0.2, 0) is 35.6 Å². The topological polar surface area (TPSA) is 93.2 Å². The zero-order chi connectivity index (χ0) is 19.1. The average Bonchev–Trinajstić information content (AvgIpc) is 3.08. The van der Waals surface area contributed by atoms with E-state index in [0.29, 0.717) is 0 Å². The van der Waals surface area contributed by atoms with Crippen LogP contribution in [0.2, 0.25) is 0 Å². The molecule has 138 valence electrons. The number of hydrogen-bond acceptors (Lipinski definition) is 8. The maximum absolute atomic E-state index is 12.7. The van der Waals surface area contributed by atoms with E-state index in [-0.39, 0.29) is 22.8 Å². The molecule has 0 saturated heterocycles. The highest BCUT2D eigenvalue weighted by molar-refractivity contribution is 8.02. The first-order valence-electron chi connectivity index (χ1n) is 7.46. The second-order valence-corrected chi connectivity index (χ2v) is 8.36. The van der Waals surface area contributed by atoms with Crippen LogP contribution in [0.25, 0.3) is 0 Å². The van der Waals surface area contributed by atoms with Crippen molar-refractivity contribution in [1.82, 2.24) is 8.61 Å². The van der Waals surface area contributed by atoms with Crippen molar-refractivity contribution >= 4 is 33.9 Å². The van der Waals surface area contributed by atoms with Gasteiger partial charge in [-0.05, 0) is 17.5 Å². The fraction of sp³-hybridized carbons (Fsp3) is 0.250. The van der Waals surface area contributed by atoms with E-state index in [0.717, 1.165) is 28.9 Å². The summed E-state index contributed by atoms with van der Waals surface area (Å²) < 4.78 is 37.4. The summed E-state index contributed by atoms with van der Waals surface area (Å²) in [5.74, 6) is -1.65. The van der Waals surface area contributed by atoms with Gasteiger partial charge in [0.05, 0.1) is 20.8 Å². The molecule has 10 heteroatoms. The molecule has 0 bridgehead atoms. The van der Waals surface area contributed by atoms with Crippen LogP contribution in [0.15, 0.2) is 51.5 Å². The van der Waals surface area contributed by atoms with Gasteiger partial charge in [0.2, 0.25) is 0 Å². The molecule has 8 nitrogen and oxygen atoms in total. The number of ether oxygens (including phenoxy) is 2.